The molecule has 0 bridgehead atoms. The van der Waals surface area contributed by atoms with Gasteiger partial charge in [-0.05, 0) is 0 Å². The summed E-state index contributed by atoms with van der Waals surface area (Å²) in [5.74, 6) is 0. The Morgan fingerprint density at radius 2 is 1.40 bits per heavy atom. The van der Waals surface area contributed by atoms with Crippen LogP contribution in [-0.2, 0) is 25.0 Å². The van der Waals surface area contributed by atoms with Crippen molar-refractivity contribution in [1.82, 2.24) is 0 Å². The van der Waals surface area contributed by atoms with Crippen LogP contribution in [0.15, 0.2) is 0 Å². The predicted molar refractivity (Wildman–Crippen MR) is 51.7 cm³/mol. The highest BCUT2D eigenvalue weighted by molar-refractivity contribution is 7.74. The van der Waals surface area contributed by atoms with Crippen molar-refractivity contribution in [2.24, 2.45) is 0 Å². The van der Waals surface area contributed by atoms with Gasteiger partial charge in [0.1, 0.15) is 0 Å². The molecule has 0 aliphatic carbocycles. The normalized spacial score (nSPS) is 11.7. The van der Waals surface area contributed by atoms with Crippen LogP contribution in [0.25, 0.3) is 0 Å². The zero-order chi connectivity index (χ0) is 11.9. The van der Waals surface area contributed by atoms with Crippen molar-refractivity contribution in [2.45, 2.75) is 0 Å². The van der Waals surface area contributed by atoms with Crippen LogP contribution >= 0.6 is 0 Å². The smallest absolute Gasteiger partial charge is 0.0839 e. The van der Waals surface area contributed by atoms with E-state index in [1.165, 1.54) is 0 Å². The van der Waals surface area contributed by atoms with E-state index < -0.39 is 11.4 Å². The number of ether oxygens (including phenoxy) is 2. The first-order chi connectivity index (χ1) is 7.18. The maximum Gasteiger partial charge on any atom is 0.0839 e. The van der Waals surface area contributed by atoms with E-state index in [1.807, 2.05) is 0 Å². The summed E-state index contributed by atoms with van der Waals surface area (Å²) >= 11 is -2.32. The van der Waals surface area contributed by atoms with Gasteiger partial charge in [-0.1, -0.05) is 0 Å². The quantitative estimate of drug-likeness (QED) is 0.393. The van der Waals surface area contributed by atoms with Gasteiger partial charge in [0.2, 0.25) is 0 Å². The fraction of sp³-hybridized carbons (Fsp3) is 1.00. The van der Waals surface area contributed by atoms with Gasteiger partial charge in [-0.25, -0.2) is 4.21 Å². The average Bonchev–Trinajstić information content (AvgIpc) is 2.24. The number of hydrogen-bond acceptors (Lipinski definition) is 7. The largest absolute Gasteiger partial charge is 0.750 e. The van der Waals surface area contributed by atoms with Crippen LogP contribution in [0.4, 0.5) is 0 Å². The van der Waals surface area contributed by atoms with Crippen LogP contribution in [-0.4, -0.2) is 65.7 Å². The third-order valence-electron chi connectivity index (χ3n) is 0.979. The molecule has 15 heavy (non-hydrogen) atoms. The fourth-order valence-corrected chi connectivity index (χ4v) is 0.451. The molecule has 0 aliphatic heterocycles. The molecule has 2 N–H and O–H groups in total. The lowest BCUT2D eigenvalue weighted by atomic mass is 10.7. The Labute approximate surface area is 91.5 Å². The molecular formula is C7H17O7S-. The van der Waals surface area contributed by atoms with Gasteiger partial charge in [0.05, 0.1) is 58.1 Å². The molecule has 94 valence electrons. The third-order valence-corrected chi connectivity index (χ3v) is 1.25. The summed E-state index contributed by atoms with van der Waals surface area (Å²) in [6, 6.07) is 0. The molecular weight excluding hydrogens is 228 g/mol. The Bertz CT molecular complexity index is 125. The molecule has 0 spiro atoms. The molecule has 0 aromatic carbocycles. The minimum absolute atomic E-state index is 0.0417. The number of hydrogen-bond donors (Lipinski definition) is 2. The number of aliphatic hydroxyl groups excluding tert-OH is 2. The van der Waals surface area contributed by atoms with Crippen LogP contribution < -0.4 is 0 Å². The summed E-state index contributed by atoms with van der Waals surface area (Å²) in [5, 5.41) is 16.5. The third kappa shape index (κ3) is 24.9. The van der Waals surface area contributed by atoms with E-state index in [-0.39, 0.29) is 13.2 Å². The highest BCUT2D eigenvalue weighted by atomic mass is 32.2. The molecule has 1 atom stereocenters. The highest BCUT2D eigenvalue weighted by Crippen LogP contribution is 1.76. The molecule has 0 saturated carbocycles. The van der Waals surface area contributed by atoms with Crippen molar-refractivity contribution in [3.8, 4) is 0 Å². The Hall–Kier alpha value is -0.0900. The minimum Gasteiger partial charge on any atom is -0.750 e. The van der Waals surface area contributed by atoms with Crippen molar-refractivity contribution < 1.29 is 32.6 Å². The van der Waals surface area contributed by atoms with Crippen LogP contribution in [0.2, 0.25) is 0 Å². The highest BCUT2D eigenvalue weighted by Gasteiger charge is 1.86. The first-order valence-electron chi connectivity index (χ1n) is 4.20. The maximum absolute atomic E-state index is 9.15. The molecule has 0 rings (SSSR count). The van der Waals surface area contributed by atoms with E-state index in [4.69, 9.17) is 28.4 Å². The number of aliphatic hydroxyl groups is 2. The van der Waals surface area contributed by atoms with Gasteiger partial charge in [0.15, 0.2) is 0 Å². The van der Waals surface area contributed by atoms with E-state index in [1.54, 1.807) is 0 Å². The molecule has 0 aliphatic rings. The van der Waals surface area contributed by atoms with Crippen molar-refractivity contribution >= 4 is 11.4 Å². The number of rotatable bonds is 8. The molecule has 0 aromatic rings. The zero-order valence-electron chi connectivity index (χ0n) is 8.59. The molecule has 0 aromatic heterocycles. The summed E-state index contributed by atoms with van der Waals surface area (Å²) in [7, 11) is 1.09. The summed E-state index contributed by atoms with van der Waals surface area (Å²) in [6.45, 7) is 1.73. The first-order valence-corrected chi connectivity index (χ1v) is 5.20. The molecule has 0 radical (unpaired) electrons. The second kappa shape index (κ2) is 16.3. The SMILES string of the molecule is COS(=O)[O-].OCCOCCOCCO. The Kier molecular flexibility index (Phi) is 18.9. The Morgan fingerprint density at radius 3 is 1.60 bits per heavy atom. The van der Waals surface area contributed by atoms with Gasteiger partial charge in [-0.3, -0.25) is 0 Å². The van der Waals surface area contributed by atoms with Crippen molar-refractivity contribution in [1.29, 1.82) is 0 Å². The van der Waals surface area contributed by atoms with Gasteiger partial charge in [0, 0.05) is 0 Å². The lowest BCUT2D eigenvalue weighted by Crippen LogP contribution is -2.09. The summed E-state index contributed by atoms with van der Waals surface area (Å²) in [4.78, 5) is 0. The second-order valence-electron chi connectivity index (χ2n) is 2.04. The van der Waals surface area contributed by atoms with Crippen LogP contribution in [0.3, 0.4) is 0 Å². The fourth-order valence-electron chi connectivity index (χ4n) is 0.451. The molecule has 0 saturated heterocycles. The van der Waals surface area contributed by atoms with Crippen LogP contribution in [0.1, 0.15) is 0 Å². The zero-order valence-corrected chi connectivity index (χ0v) is 9.40. The maximum atomic E-state index is 9.15. The van der Waals surface area contributed by atoms with E-state index in [9.17, 15) is 0 Å². The van der Waals surface area contributed by atoms with Gasteiger partial charge < -0.3 is 28.4 Å². The molecule has 8 heteroatoms. The van der Waals surface area contributed by atoms with Gasteiger partial charge >= 0.3 is 0 Å². The van der Waals surface area contributed by atoms with Crippen LogP contribution in [0.5, 0.6) is 0 Å². The Balaban J connectivity index is 0. The molecule has 0 amide bonds. The Morgan fingerprint density at radius 1 is 1.07 bits per heavy atom. The topological polar surface area (TPSA) is 108 Å². The van der Waals surface area contributed by atoms with Gasteiger partial charge in [-0.15, -0.1) is 0 Å². The molecule has 0 heterocycles. The molecule has 7 nitrogen and oxygen atoms in total. The molecule has 1 unspecified atom stereocenters. The predicted octanol–water partition coefficient (Wildman–Crippen LogP) is -1.57. The second-order valence-corrected chi connectivity index (χ2v) is 2.78. The summed E-state index contributed by atoms with van der Waals surface area (Å²) < 4.78 is 31.7. The summed E-state index contributed by atoms with van der Waals surface area (Å²) in [6.07, 6.45) is 0. The van der Waals surface area contributed by atoms with Crippen molar-refractivity contribution in [2.75, 3.05) is 46.8 Å². The van der Waals surface area contributed by atoms with E-state index in [0.29, 0.717) is 26.4 Å². The van der Waals surface area contributed by atoms with Gasteiger partial charge in [0.25, 0.3) is 0 Å². The van der Waals surface area contributed by atoms with Crippen molar-refractivity contribution in [3.63, 3.8) is 0 Å². The summed E-state index contributed by atoms with van der Waals surface area (Å²) in [5.41, 5.74) is 0. The molecule has 0 fully saturated rings. The monoisotopic (exact) mass is 245 g/mol. The van der Waals surface area contributed by atoms with Gasteiger partial charge in [-0.2, -0.15) is 0 Å². The van der Waals surface area contributed by atoms with E-state index >= 15 is 0 Å². The van der Waals surface area contributed by atoms with E-state index in [2.05, 4.69) is 4.18 Å². The lowest BCUT2D eigenvalue weighted by molar-refractivity contribution is 0.0222. The first kappa shape index (κ1) is 17.3. The van der Waals surface area contributed by atoms with E-state index in [0.717, 1.165) is 7.11 Å². The minimum atomic E-state index is -2.32. The lowest BCUT2D eigenvalue weighted by Gasteiger charge is -2.01. The van der Waals surface area contributed by atoms with Crippen molar-refractivity contribution in [3.05, 3.63) is 0 Å². The van der Waals surface area contributed by atoms with Crippen LogP contribution in [0, 0.1) is 0 Å². The average molecular weight is 245 g/mol. The standard InChI is InChI=1S/C6H14O4.CH4O3S/c7-1-3-9-5-6-10-4-2-8;1-4-5(2)3/h7-8H,1-6H2;1H3,(H,2,3)/p-1.